The van der Waals surface area contributed by atoms with Gasteiger partial charge < -0.3 is 9.80 Å². The lowest BCUT2D eigenvalue weighted by atomic mass is 10.3. The van der Waals surface area contributed by atoms with Crippen molar-refractivity contribution in [2.24, 2.45) is 5.10 Å². The molecule has 9 heteroatoms. The molecular weight excluding hydrogens is 391 g/mol. The lowest BCUT2D eigenvalue weighted by Gasteiger charge is -2.36. The largest absolute Gasteiger partial charge is 0.353 e. The summed E-state index contributed by atoms with van der Waals surface area (Å²) >= 11 is 5.45. The van der Waals surface area contributed by atoms with Gasteiger partial charge >= 0.3 is 0 Å². The Morgan fingerprint density at radius 1 is 1.00 bits per heavy atom. The molecule has 0 aliphatic carbocycles. The number of pyridine rings is 2. The first-order valence-electron chi connectivity index (χ1n) is 7.90. The molecule has 2 aromatic rings. The van der Waals surface area contributed by atoms with Gasteiger partial charge in [-0.15, -0.1) is 24.8 Å². The molecule has 0 saturated carbocycles. The summed E-state index contributed by atoms with van der Waals surface area (Å²) in [7, 11) is 0. The zero-order valence-corrected chi connectivity index (χ0v) is 16.9. The van der Waals surface area contributed by atoms with E-state index in [0.29, 0.717) is 5.11 Å². The molecule has 0 bridgehead atoms. The lowest BCUT2D eigenvalue weighted by molar-refractivity contribution is 0.380. The molecule has 0 radical (unpaired) electrons. The fourth-order valence-corrected chi connectivity index (χ4v) is 2.74. The van der Waals surface area contributed by atoms with E-state index in [1.54, 1.807) is 6.20 Å². The second kappa shape index (κ2) is 10.9. The van der Waals surface area contributed by atoms with E-state index in [-0.39, 0.29) is 24.8 Å². The molecule has 1 aliphatic rings. The number of piperazine rings is 1. The van der Waals surface area contributed by atoms with E-state index in [2.05, 4.69) is 30.3 Å². The van der Waals surface area contributed by atoms with E-state index < -0.39 is 0 Å². The number of hydrogen-bond acceptors (Lipinski definition) is 5. The smallest absolute Gasteiger partial charge is 0.189 e. The summed E-state index contributed by atoms with van der Waals surface area (Å²) in [6.07, 6.45) is 3.58. The molecule has 0 spiro atoms. The van der Waals surface area contributed by atoms with Gasteiger partial charge in [0.2, 0.25) is 0 Å². The van der Waals surface area contributed by atoms with Crippen LogP contribution in [0.3, 0.4) is 0 Å². The van der Waals surface area contributed by atoms with Gasteiger partial charge in [-0.05, 0) is 43.4 Å². The molecule has 6 nitrogen and oxygen atoms in total. The molecule has 26 heavy (non-hydrogen) atoms. The number of rotatable bonds is 3. The second-order valence-electron chi connectivity index (χ2n) is 5.49. The van der Waals surface area contributed by atoms with E-state index in [4.69, 9.17) is 12.2 Å². The molecular formula is C17H22Cl2N6S. The Kier molecular flexibility index (Phi) is 9.26. The van der Waals surface area contributed by atoms with Gasteiger partial charge in [0, 0.05) is 38.6 Å². The fourth-order valence-electron chi connectivity index (χ4n) is 2.52. The topological polar surface area (TPSA) is 56.7 Å². The van der Waals surface area contributed by atoms with Crippen LogP contribution in [0.4, 0.5) is 5.82 Å². The van der Waals surface area contributed by atoms with Crippen LogP contribution >= 0.6 is 37.0 Å². The monoisotopic (exact) mass is 412 g/mol. The van der Waals surface area contributed by atoms with Crippen molar-refractivity contribution in [3.8, 4) is 0 Å². The third-order valence-electron chi connectivity index (χ3n) is 3.89. The highest BCUT2D eigenvalue weighted by Crippen LogP contribution is 2.12. The molecule has 0 unspecified atom stereocenters. The zero-order valence-electron chi connectivity index (χ0n) is 14.4. The third kappa shape index (κ3) is 5.79. The zero-order chi connectivity index (χ0) is 16.8. The Labute approximate surface area is 171 Å². The van der Waals surface area contributed by atoms with Crippen LogP contribution in [0.5, 0.6) is 0 Å². The van der Waals surface area contributed by atoms with Crippen LogP contribution in [0.25, 0.3) is 0 Å². The van der Waals surface area contributed by atoms with Gasteiger partial charge in [0.25, 0.3) is 0 Å². The standard InChI is InChI=1S/C17H20N6S.2ClH/c1-14(15-6-2-4-8-18-15)20-21-17(24)23-12-10-22(11-13-23)16-7-3-5-9-19-16;;/h2-9H,10-13H2,1H3,(H,21,24);2*1H. The summed E-state index contributed by atoms with van der Waals surface area (Å²) in [4.78, 5) is 13.1. The fraction of sp³-hybridized carbons (Fsp3) is 0.294. The minimum atomic E-state index is 0. The number of halogens is 2. The number of hydrazone groups is 1. The van der Waals surface area contributed by atoms with Crippen molar-refractivity contribution >= 4 is 53.7 Å². The van der Waals surface area contributed by atoms with Gasteiger partial charge in [0.05, 0.1) is 11.4 Å². The van der Waals surface area contributed by atoms with Crippen molar-refractivity contribution in [3.05, 3.63) is 54.5 Å². The third-order valence-corrected chi connectivity index (χ3v) is 4.24. The highest BCUT2D eigenvalue weighted by Gasteiger charge is 2.19. The maximum Gasteiger partial charge on any atom is 0.189 e. The molecule has 1 N–H and O–H groups in total. The molecule has 0 atom stereocenters. The van der Waals surface area contributed by atoms with Crippen molar-refractivity contribution in [1.82, 2.24) is 20.3 Å². The number of nitrogens with zero attached hydrogens (tertiary/aromatic N) is 5. The van der Waals surface area contributed by atoms with Crippen molar-refractivity contribution in [1.29, 1.82) is 0 Å². The Balaban J connectivity index is 0.00000169. The predicted octanol–water partition coefficient (Wildman–Crippen LogP) is 2.74. The van der Waals surface area contributed by atoms with Crippen LogP contribution in [-0.2, 0) is 0 Å². The average molecular weight is 413 g/mol. The Morgan fingerprint density at radius 3 is 2.23 bits per heavy atom. The van der Waals surface area contributed by atoms with Crippen LogP contribution < -0.4 is 10.3 Å². The number of aromatic nitrogens is 2. The van der Waals surface area contributed by atoms with Crippen LogP contribution in [0.2, 0.25) is 0 Å². The van der Waals surface area contributed by atoms with E-state index in [0.717, 1.165) is 43.4 Å². The summed E-state index contributed by atoms with van der Waals surface area (Å²) in [5.74, 6) is 1.01. The van der Waals surface area contributed by atoms with Crippen LogP contribution in [-0.4, -0.2) is 51.9 Å². The van der Waals surface area contributed by atoms with E-state index in [1.165, 1.54) is 0 Å². The molecule has 1 aliphatic heterocycles. The number of hydrogen-bond donors (Lipinski definition) is 1. The summed E-state index contributed by atoms with van der Waals surface area (Å²) in [6, 6.07) is 11.7. The summed E-state index contributed by atoms with van der Waals surface area (Å²) < 4.78 is 0. The molecule has 1 saturated heterocycles. The maximum atomic E-state index is 5.45. The first-order valence-corrected chi connectivity index (χ1v) is 8.31. The first kappa shape index (κ1) is 22.1. The molecule has 3 heterocycles. The molecule has 2 aromatic heterocycles. The van der Waals surface area contributed by atoms with Crippen molar-refractivity contribution in [3.63, 3.8) is 0 Å². The average Bonchev–Trinajstić information content (AvgIpc) is 2.67. The Morgan fingerprint density at radius 2 is 1.65 bits per heavy atom. The minimum Gasteiger partial charge on any atom is -0.353 e. The number of anilines is 1. The predicted molar refractivity (Wildman–Crippen MR) is 115 cm³/mol. The number of thiocarbonyl (C=S) groups is 1. The van der Waals surface area contributed by atoms with Gasteiger partial charge in [0.15, 0.2) is 5.11 Å². The van der Waals surface area contributed by atoms with Crippen molar-refractivity contribution in [2.45, 2.75) is 6.92 Å². The van der Waals surface area contributed by atoms with Crippen molar-refractivity contribution in [2.75, 3.05) is 31.1 Å². The molecule has 1 fully saturated rings. The van der Waals surface area contributed by atoms with E-state index in [1.807, 2.05) is 49.5 Å². The van der Waals surface area contributed by atoms with Gasteiger partial charge in [-0.1, -0.05) is 12.1 Å². The maximum absolute atomic E-state index is 5.45. The molecule has 0 aromatic carbocycles. The second-order valence-corrected chi connectivity index (χ2v) is 5.88. The van der Waals surface area contributed by atoms with Gasteiger partial charge in [-0.2, -0.15) is 5.10 Å². The van der Waals surface area contributed by atoms with Crippen molar-refractivity contribution < 1.29 is 0 Å². The van der Waals surface area contributed by atoms with Crippen LogP contribution in [0.1, 0.15) is 12.6 Å². The minimum absolute atomic E-state index is 0. The molecule has 0 amide bonds. The Hall–Kier alpha value is -1.96. The highest BCUT2D eigenvalue weighted by molar-refractivity contribution is 7.80. The van der Waals surface area contributed by atoms with Crippen LogP contribution in [0.15, 0.2) is 53.9 Å². The Bertz CT molecular complexity index is 706. The summed E-state index contributed by atoms with van der Waals surface area (Å²) in [6.45, 7) is 5.39. The van der Waals surface area contributed by atoms with Crippen LogP contribution in [0, 0.1) is 0 Å². The molecule has 140 valence electrons. The van der Waals surface area contributed by atoms with E-state index in [9.17, 15) is 0 Å². The van der Waals surface area contributed by atoms with E-state index >= 15 is 0 Å². The molecule has 3 rings (SSSR count). The van der Waals surface area contributed by atoms with Gasteiger partial charge in [-0.25, -0.2) is 4.98 Å². The lowest BCUT2D eigenvalue weighted by Crippen LogP contribution is -2.51. The SMILES string of the molecule is CC(=NNC(=S)N1CCN(c2ccccn2)CC1)c1ccccn1.Cl.Cl. The normalized spacial score (nSPS) is 14.1. The van der Waals surface area contributed by atoms with Gasteiger partial charge in [-0.3, -0.25) is 10.4 Å². The first-order chi connectivity index (χ1) is 11.7. The quantitative estimate of drug-likeness (QED) is 0.475. The summed E-state index contributed by atoms with van der Waals surface area (Å²) in [5, 5.41) is 4.99. The van der Waals surface area contributed by atoms with Gasteiger partial charge in [0.1, 0.15) is 5.82 Å². The highest BCUT2D eigenvalue weighted by atomic mass is 35.5. The number of nitrogens with one attached hydrogen (secondary N) is 1. The summed E-state index contributed by atoms with van der Waals surface area (Å²) in [5.41, 5.74) is 4.63.